The Morgan fingerprint density at radius 3 is 2.42 bits per heavy atom. The second-order valence-corrected chi connectivity index (χ2v) is 10.2. The van der Waals surface area contributed by atoms with E-state index in [1.807, 2.05) is 6.20 Å². The Kier molecular flexibility index (Phi) is 6.72. The van der Waals surface area contributed by atoms with Gasteiger partial charge in [0.2, 0.25) is 0 Å². The third kappa shape index (κ3) is 5.39. The van der Waals surface area contributed by atoms with Crippen molar-refractivity contribution >= 4 is 0 Å². The van der Waals surface area contributed by atoms with Gasteiger partial charge in [0.15, 0.2) is 0 Å². The number of aromatic nitrogens is 2. The third-order valence-electron chi connectivity index (χ3n) is 8.07. The Bertz CT molecular complexity index is 786. The van der Waals surface area contributed by atoms with Crippen molar-refractivity contribution < 1.29 is 0 Å². The number of imidazole rings is 1. The van der Waals surface area contributed by atoms with Crippen LogP contribution >= 0.6 is 0 Å². The summed E-state index contributed by atoms with van der Waals surface area (Å²) in [7, 11) is 0. The fraction of sp³-hybridized carbons (Fsp3) is 0.654. The summed E-state index contributed by atoms with van der Waals surface area (Å²) in [6.45, 7) is 8.03. The second-order valence-electron chi connectivity index (χ2n) is 10.2. The summed E-state index contributed by atoms with van der Waals surface area (Å²) in [4.78, 5) is 12.9. The molecule has 0 atom stereocenters. The van der Waals surface area contributed by atoms with Crippen LogP contribution in [0.3, 0.4) is 0 Å². The molecule has 3 aliphatic rings. The van der Waals surface area contributed by atoms with Gasteiger partial charge in [-0.15, -0.1) is 0 Å². The molecule has 0 bridgehead atoms. The lowest BCUT2D eigenvalue weighted by Gasteiger charge is -2.43. The molecular formula is C26H39N5. The van der Waals surface area contributed by atoms with Crippen molar-refractivity contribution in [3.05, 3.63) is 53.6 Å². The summed E-state index contributed by atoms with van der Waals surface area (Å²) in [5, 5.41) is 3.45. The van der Waals surface area contributed by atoms with Gasteiger partial charge in [-0.1, -0.05) is 43.5 Å². The number of benzene rings is 1. The molecule has 1 aliphatic carbocycles. The molecule has 1 spiro atoms. The average Bonchev–Trinajstić information content (AvgIpc) is 3.47. The van der Waals surface area contributed by atoms with Crippen LogP contribution in [-0.4, -0.2) is 52.0 Å². The SMILES string of the molecule is c1c[nH]c(CNCc2ccc(CN3CCC4(CCN(C5CCCCC5)CC4)C3)cc2)n1. The maximum atomic E-state index is 4.26. The van der Waals surface area contributed by atoms with Crippen molar-refractivity contribution in [3.8, 4) is 0 Å². The maximum absolute atomic E-state index is 4.26. The number of H-pyrrole nitrogens is 1. The predicted molar refractivity (Wildman–Crippen MR) is 126 cm³/mol. The van der Waals surface area contributed by atoms with Crippen LogP contribution in [0.5, 0.6) is 0 Å². The maximum Gasteiger partial charge on any atom is 0.120 e. The smallest absolute Gasteiger partial charge is 0.120 e. The third-order valence-corrected chi connectivity index (χ3v) is 8.07. The molecule has 2 N–H and O–H groups in total. The van der Waals surface area contributed by atoms with E-state index >= 15 is 0 Å². The lowest BCUT2D eigenvalue weighted by molar-refractivity contribution is 0.0615. The Hall–Kier alpha value is -1.69. The highest BCUT2D eigenvalue weighted by Crippen LogP contribution is 2.42. The topological polar surface area (TPSA) is 47.2 Å². The summed E-state index contributed by atoms with van der Waals surface area (Å²) < 4.78 is 0. The zero-order valence-electron chi connectivity index (χ0n) is 19.0. The van der Waals surface area contributed by atoms with E-state index in [1.54, 1.807) is 6.20 Å². The van der Waals surface area contributed by atoms with Crippen LogP contribution in [0.2, 0.25) is 0 Å². The van der Waals surface area contributed by atoms with Crippen LogP contribution in [-0.2, 0) is 19.6 Å². The minimum atomic E-state index is 0.598. The first-order valence-electron chi connectivity index (χ1n) is 12.5. The van der Waals surface area contributed by atoms with Gasteiger partial charge in [-0.3, -0.25) is 4.90 Å². The van der Waals surface area contributed by atoms with Gasteiger partial charge in [-0.2, -0.15) is 0 Å². The first kappa shape index (κ1) is 21.2. The van der Waals surface area contributed by atoms with Gasteiger partial charge in [0, 0.05) is 38.1 Å². The molecule has 0 amide bonds. The van der Waals surface area contributed by atoms with E-state index in [2.05, 4.69) is 49.4 Å². The lowest BCUT2D eigenvalue weighted by Crippen LogP contribution is -2.46. The quantitative estimate of drug-likeness (QED) is 0.699. The fourth-order valence-electron chi connectivity index (χ4n) is 6.12. The Balaban J connectivity index is 1.06. The van der Waals surface area contributed by atoms with E-state index < -0.39 is 0 Å². The number of nitrogens with zero attached hydrogens (tertiary/aromatic N) is 3. The fourth-order valence-corrected chi connectivity index (χ4v) is 6.12. The van der Waals surface area contributed by atoms with Gasteiger partial charge in [0.05, 0.1) is 6.54 Å². The van der Waals surface area contributed by atoms with Gasteiger partial charge >= 0.3 is 0 Å². The molecule has 1 aromatic carbocycles. The Morgan fingerprint density at radius 2 is 1.68 bits per heavy atom. The molecule has 168 valence electrons. The zero-order chi connectivity index (χ0) is 20.9. The van der Waals surface area contributed by atoms with Gasteiger partial charge in [-0.25, -0.2) is 4.98 Å². The van der Waals surface area contributed by atoms with E-state index in [1.165, 1.54) is 88.7 Å². The van der Waals surface area contributed by atoms with Crippen LogP contribution in [0.1, 0.15) is 68.3 Å². The van der Waals surface area contributed by atoms with E-state index in [4.69, 9.17) is 0 Å². The molecule has 2 aliphatic heterocycles. The van der Waals surface area contributed by atoms with Crippen molar-refractivity contribution in [2.45, 2.75) is 77.0 Å². The van der Waals surface area contributed by atoms with Gasteiger partial charge < -0.3 is 15.2 Å². The van der Waals surface area contributed by atoms with Crippen molar-refractivity contribution in [2.24, 2.45) is 5.41 Å². The van der Waals surface area contributed by atoms with E-state index in [-0.39, 0.29) is 0 Å². The number of hydrogen-bond acceptors (Lipinski definition) is 4. The monoisotopic (exact) mass is 421 g/mol. The first-order chi connectivity index (χ1) is 15.3. The van der Waals surface area contributed by atoms with E-state index in [0.29, 0.717) is 5.41 Å². The molecule has 0 unspecified atom stereocenters. The van der Waals surface area contributed by atoms with E-state index in [9.17, 15) is 0 Å². The predicted octanol–water partition coefficient (Wildman–Crippen LogP) is 4.32. The minimum Gasteiger partial charge on any atom is -0.348 e. The second kappa shape index (κ2) is 9.85. The summed E-state index contributed by atoms with van der Waals surface area (Å²) in [5.41, 5.74) is 3.38. The summed E-state index contributed by atoms with van der Waals surface area (Å²) in [5.74, 6) is 0.990. The van der Waals surface area contributed by atoms with Crippen LogP contribution in [0, 0.1) is 5.41 Å². The van der Waals surface area contributed by atoms with Gasteiger partial charge in [0.1, 0.15) is 5.82 Å². The molecule has 0 radical (unpaired) electrons. The molecule has 5 heteroatoms. The highest BCUT2D eigenvalue weighted by molar-refractivity contribution is 5.22. The molecule has 31 heavy (non-hydrogen) atoms. The van der Waals surface area contributed by atoms with Crippen LogP contribution < -0.4 is 5.32 Å². The number of hydrogen-bond donors (Lipinski definition) is 2. The van der Waals surface area contributed by atoms with Gasteiger partial charge in [-0.05, 0) is 68.3 Å². The van der Waals surface area contributed by atoms with Crippen LogP contribution in [0.4, 0.5) is 0 Å². The molecule has 5 nitrogen and oxygen atoms in total. The minimum absolute atomic E-state index is 0.598. The molecule has 3 fully saturated rings. The van der Waals surface area contributed by atoms with Crippen molar-refractivity contribution in [1.82, 2.24) is 25.1 Å². The van der Waals surface area contributed by atoms with Crippen LogP contribution in [0.25, 0.3) is 0 Å². The largest absolute Gasteiger partial charge is 0.348 e. The number of rotatable bonds is 7. The molecule has 2 saturated heterocycles. The highest BCUT2D eigenvalue weighted by atomic mass is 15.2. The highest BCUT2D eigenvalue weighted by Gasteiger charge is 2.41. The molecule has 1 aromatic heterocycles. The Labute approximate surface area is 187 Å². The molecular weight excluding hydrogens is 382 g/mol. The van der Waals surface area contributed by atoms with Crippen LogP contribution in [0.15, 0.2) is 36.7 Å². The summed E-state index contributed by atoms with van der Waals surface area (Å²) >= 11 is 0. The van der Waals surface area contributed by atoms with Crippen molar-refractivity contribution in [1.29, 1.82) is 0 Å². The van der Waals surface area contributed by atoms with Crippen molar-refractivity contribution in [2.75, 3.05) is 26.2 Å². The summed E-state index contributed by atoms with van der Waals surface area (Å²) in [6, 6.07) is 10.1. The lowest BCUT2D eigenvalue weighted by atomic mass is 9.77. The standard InChI is InChI=1S/C26H39N5/c1-2-4-24(5-3-1)31-16-11-26(12-17-31)10-15-30(21-26)20-23-8-6-22(7-9-23)18-27-19-25-28-13-14-29-25/h6-9,13-14,24,27H,1-5,10-12,15-21H2,(H,28,29). The van der Waals surface area contributed by atoms with E-state index in [0.717, 1.165) is 31.5 Å². The number of nitrogens with one attached hydrogen (secondary N) is 2. The van der Waals surface area contributed by atoms with Gasteiger partial charge in [0.25, 0.3) is 0 Å². The normalized spacial score (nSPS) is 23.0. The Morgan fingerprint density at radius 1 is 0.935 bits per heavy atom. The summed E-state index contributed by atoms with van der Waals surface area (Å²) in [6.07, 6.45) is 15.2. The molecule has 3 heterocycles. The number of likely N-dealkylation sites (tertiary alicyclic amines) is 2. The molecule has 2 aromatic rings. The van der Waals surface area contributed by atoms with Crippen molar-refractivity contribution in [3.63, 3.8) is 0 Å². The zero-order valence-corrected chi connectivity index (χ0v) is 19.0. The first-order valence-corrected chi connectivity index (χ1v) is 12.5. The average molecular weight is 422 g/mol. The number of aromatic amines is 1. The molecule has 5 rings (SSSR count). The molecule has 1 saturated carbocycles. The number of piperidine rings is 1.